The normalized spacial score (nSPS) is 12.9. The molecule has 1 atom stereocenters. The summed E-state index contributed by atoms with van der Waals surface area (Å²) in [6.45, 7) is 3.17. The van der Waals surface area contributed by atoms with E-state index >= 15 is 0 Å². The molecule has 2 N–H and O–H groups in total. The molecule has 1 amide bonds. The highest BCUT2D eigenvalue weighted by molar-refractivity contribution is 5.72. The van der Waals surface area contributed by atoms with Gasteiger partial charge in [0.05, 0.1) is 0 Å². The second-order valence-corrected chi connectivity index (χ2v) is 1.62. The van der Waals surface area contributed by atoms with Crippen molar-refractivity contribution in [2.75, 3.05) is 0 Å². The van der Waals surface area contributed by atoms with Crippen molar-refractivity contribution in [3.05, 3.63) is 0 Å². The molecule has 8 heavy (non-hydrogen) atoms. The molecule has 0 radical (unpaired) electrons. The van der Waals surface area contributed by atoms with Crippen molar-refractivity contribution in [3.63, 3.8) is 0 Å². The number of nitrogens with one attached hydrogen (secondary N) is 1. The largest absolute Gasteiger partial charge is 0.374 e. The Bertz CT molecular complexity index is 82.5. The predicted octanol–water partition coefficient (Wildman–Crippen LogP) is -0.149. The molecule has 0 fully saturated rings. The average Bonchev–Trinajstić information content (AvgIpc) is 1.65. The van der Waals surface area contributed by atoms with E-state index in [2.05, 4.69) is 5.32 Å². The van der Waals surface area contributed by atoms with Gasteiger partial charge in [-0.05, 0) is 6.42 Å². The van der Waals surface area contributed by atoms with Crippen LogP contribution >= 0.6 is 0 Å². The fourth-order valence-corrected chi connectivity index (χ4v) is 0.337. The van der Waals surface area contributed by atoms with E-state index in [4.69, 9.17) is 5.11 Å². The maximum Gasteiger partial charge on any atom is 0.218 e. The van der Waals surface area contributed by atoms with Gasteiger partial charge in [-0.25, -0.2) is 0 Å². The smallest absolute Gasteiger partial charge is 0.218 e. The van der Waals surface area contributed by atoms with Crippen molar-refractivity contribution in [2.45, 2.75) is 26.5 Å². The van der Waals surface area contributed by atoms with Gasteiger partial charge in [-0.3, -0.25) is 4.79 Å². The zero-order valence-electron chi connectivity index (χ0n) is 5.14. The highest BCUT2D eigenvalue weighted by Crippen LogP contribution is 1.81. The minimum atomic E-state index is -0.674. The first-order valence-corrected chi connectivity index (χ1v) is 2.62. The first-order valence-electron chi connectivity index (χ1n) is 2.62. The zero-order chi connectivity index (χ0) is 6.57. The van der Waals surface area contributed by atoms with Gasteiger partial charge >= 0.3 is 0 Å². The van der Waals surface area contributed by atoms with Crippen LogP contribution in [0.2, 0.25) is 0 Å². The van der Waals surface area contributed by atoms with Crippen LogP contribution in [0.1, 0.15) is 20.3 Å². The summed E-state index contributed by atoms with van der Waals surface area (Å²) < 4.78 is 0. The van der Waals surface area contributed by atoms with E-state index < -0.39 is 6.23 Å². The molecule has 0 spiro atoms. The molecule has 0 aromatic rings. The number of carbonyl (C=O) groups excluding carboxylic acids is 1. The molecule has 0 saturated heterocycles. The molecule has 0 aromatic carbocycles. The number of aliphatic hydroxyl groups excluding tert-OH is 1. The van der Waals surface area contributed by atoms with E-state index in [0.29, 0.717) is 6.42 Å². The number of rotatable bonds is 2. The average molecular weight is 117 g/mol. The summed E-state index contributed by atoms with van der Waals surface area (Å²) in [4.78, 5) is 10.1. The molecule has 0 aromatic heterocycles. The van der Waals surface area contributed by atoms with Crippen molar-refractivity contribution in [3.8, 4) is 0 Å². The summed E-state index contributed by atoms with van der Waals surface area (Å²) in [7, 11) is 0. The Morgan fingerprint density at radius 3 is 2.50 bits per heavy atom. The number of amides is 1. The summed E-state index contributed by atoms with van der Waals surface area (Å²) >= 11 is 0. The molecular formula is C5H11NO2. The lowest BCUT2D eigenvalue weighted by molar-refractivity contribution is -0.121. The number of aliphatic hydroxyl groups is 1. The van der Waals surface area contributed by atoms with Crippen LogP contribution in [0.25, 0.3) is 0 Å². The third-order valence-electron chi connectivity index (χ3n) is 0.757. The molecule has 1 unspecified atom stereocenters. The maximum absolute atomic E-state index is 10.1. The van der Waals surface area contributed by atoms with Crippen molar-refractivity contribution in [1.29, 1.82) is 0 Å². The first kappa shape index (κ1) is 7.43. The lowest BCUT2D eigenvalue weighted by Crippen LogP contribution is -2.31. The van der Waals surface area contributed by atoms with E-state index in [0.717, 1.165) is 0 Å². The molecule has 48 valence electrons. The molecule has 0 rings (SSSR count). The lowest BCUT2D eigenvalue weighted by atomic mass is 10.4. The summed E-state index contributed by atoms with van der Waals surface area (Å²) in [5.41, 5.74) is 0. The van der Waals surface area contributed by atoms with Gasteiger partial charge in [-0.15, -0.1) is 0 Å². The van der Waals surface area contributed by atoms with Crippen LogP contribution < -0.4 is 5.32 Å². The van der Waals surface area contributed by atoms with Gasteiger partial charge in [0.15, 0.2) is 0 Å². The van der Waals surface area contributed by atoms with E-state index in [1.807, 2.05) is 0 Å². The second kappa shape index (κ2) is 3.43. The third kappa shape index (κ3) is 3.61. The van der Waals surface area contributed by atoms with Gasteiger partial charge in [-0.2, -0.15) is 0 Å². The van der Waals surface area contributed by atoms with Crippen LogP contribution in [-0.2, 0) is 4.79 Å². The van der Waals surface area contributed by atoms with Crippen LogP contribution in [0.5, 0.6) is 0 Å². The molecule has 0 heterocycles. The van der Waals surface area contributed by atoms with Crippen molar-refractivity contribution < 1.29 is 9.90 Å². The zero-order valence-corrected chi connectivity index (χ0v) is 5.14. The minimum Gasteiger partial charge on any atom is -0.374 e. The number of carbonyl (C=O) groups is 1. The molecule has 0 aliphatic carbocycles. The fourth-order valence-electron chi connectivity index (χ4n) is 0.337. The van der Waals surface area contributed by atoms with Crippen molar-refractivity contribution in [2.24, 2.45) is 0 Å². The monoisotopic (exact) mass is 117 g/mol. The molecule has 0 aliphatic heterocycles. The highest BCUT2D eigenvalue weighted by atomic mass is 16.3. The van der Waals surface area contributed by atoms with Crippen LogP contribution in [0, 0.1) is 0 Å². The summed E-state index contributed by atoms with van der Waals surface area (Å²) in [5, 5.41) is 11.0. The molecule has 0 bridgehead atoms. The van der Waals surface area contributed by atoms with Crippen LogP contribution in [0.3, 0.4) is 0 Å². The predicted molar refractivity (Wildman–Crippen MR) is 30.1 cm³/mol. The van der Waals surface area contributed by atoms with Gasteiger partial charge in [-0.1, -0.05) is 6.92 Å². The molecular weight excluding hydrogens is 106 g/mol. The SMILES string of the molecule is CCC(O)NC(C)=O. The minimum absolute atomic E-state index is 0.195. The van der Waals surface area contributed by atoms with E-state index in [-0.39, 0.29) is 5.91 Å². The van der Waals surface area contributed by atoms with Gasteiger partial charge in [0.25, 0.3) is 0 Å². The topological polar surface area (TPSA) is 49.3 Å². The third-order valence-corrected chi connectivity index (χ3v) is 0.757. The maximum atomic E-state index is 10.1. The summed E-state index contributed by atoms with van der Waals surface area (Å²) in [6.07, 6.45) is -0.118. The van der Waals surface area contributed by atoms with Crippen LogP contribution in [-0.4, -0.2) is 17.2 Å². The first-order chi connectivity index (χ1) is 3.66. The molecule has 0 aliphatic rings. The van der Waals surface area contributed by atoms with Crippen LogP contribution in [0.15, 0.2) is 0 Å². The quantitative estimate of drug-likeness (QED) is 0.494. The van der Waals surface area contributed by atoms with Gasteiger partial charge in [0.1, 0.15) is 6.23 Å². The Kier molecular flexibility index (Phi) is 3.19. The van der Waals surface area contributed by atoms with Gasteiger partial charge in [0, 0.05) is 6.92 Å². The number of hydrogen-bond acceptors (Lipinski definition) is 2. The van der Waals surface area contributed by atoms with Crippen LogP contribution in [0.4, 0.5) is 0 Å². The van der Waals surface area contributed by atoms with Gasteiger partial charge < -0.3 is 10.4 Å². The van der Waals surface area contributed by atoms with E-state index in [1.165, 1.54) is 6.92 Å². The van der Waals surface area contributed by atoms with Crippen molar-refractivity contribution >= 4 is 5.91 Å². The molecule has 0 saturated carbocycles. The molecule has 3 nitrogen and oxygen atoms in total. The van der Waals surface area contributed by atoms with Crippen molar-refractivity contribution in [1.82, 2.24) is 5.32 Å². The Hall–Kier alpha value is -0.570. The Morgan fingerprint density at radius 1 is 1.88 bits per heavy atom. The standard InChI is InChI=1S/C5H11NO2/c1-3-5(8)6-4(2)7/h5,8H,3H2,1-2H3,(H,6,7). The highest BCUT2D eigenvalue weighted by Gasteiger charge is 1.98. The Morgan fingerprint density at radius 2 is 2.38 bits per heavy atom. The number of hydrogen-bond donors (Lipinski definition) is 2. The Labute approximate surface area is 48.7 Å². The van der Waals surface area contributed by atoms with E-state index in [1.54, 1.807) is 6.92 Å². The van der Waals surface area contributed by atoms with Gasteiger partial charge in [0.2, 0.25) is 5.91 Å². The fraction of sp³-hybridized carbons (Fsp3) is 0.800. The Balaban J connectivity index is 3.24. The molecule has 3 heteroatoms. The summed E-state index contributed by atoms with van der Waals surface area (Å²) in [5.74, 6) is -0.195. The lowest BCUT2D eigenvalue weighted by Gasteiger charge is -2.06. The summed E-state index contributed by atoms with van der Waals surface area (Å²) in [6, 6.07) is 0. The van der Waals surface area contributed by atoms with E-state index in [9.17, 15) is 4.79 Å². The second-order valence-electron chi connectivity index (χ2n) is 1.62.